The quantitative estimate of drug-likeness (QED) is 0.892. The zero-order chi connectivity index (χ0) is 13.2. The second-order valence-electron chi connectivity index (χ2n) is 5.89. The number of nitrogens with one attached hydrogen (secondary N) is 2. The van der Waals surface area contributed by atoms with Gasteiger partial charge in [-0.3, -0.25) is 4.79 Å². The smallest absolute Gasteiger partial charge is 0.237 e. The number of amides is 1. The Labute approximate surface area is 118 Å². The molecular weight excluding hydrogens is 256 g/mol. The molecule has 1 aromatic rings. The average Bonchev–Trinajstić information content (AvgIpc) is 3.07. The van der Waals surface area contributed by atoms with Crippen LogP contribution in [0.4, 0.5) is 0 Å². The van der Waals surface area contributed by atoms with Crippen molar-refractivity contribution in [1.82, 2.24) is 10.6 Å². The molecule has 4 heteroatoms. The first-order valence-electron chi connectivity index (χ1n) is 7.32. The lowest BCUT2D eigenvalue weighted by Crippen LogP contribution is -2.43. The topological polar surface area (TPSA) is 41.1 Å². The summed E-state index contributed by atoms with van der Waals surface area (Å²) in [6.07, 6.45) is 6.21. The summed E-state index contributed by atoms with van der Waals surface area (Å²) in [5.74, 6) is 0.897. The summed E-state index contributed by atoms with van der Waals surface area (Å²) < 4.78 is 0. The molecule has 3 nitrogen and oxygen atoms in total. The van der Waals surface area contributed by atoms with Gasteiger partial charge in [-0.15, -0.1) is 0 Å². The third-order valence-corrected chi connectivity index (χ3v) is 5.28. The van der Waals surface area contributed by atoms with Crippen LogP contribution in [0, 0.1) is 5.92 Å². The molecule has 2 N–H and O–H groups in total. The van der Waals surface area contributed by atoms with Crippen LogP contribution in [0.1, 0.15) is 50.6 Å². The fraction of sp³-hybridized carbons (Fsp3) is 0.667. The highest BCUT2D eigenvalue weighted by atomic mass is 32.1. The highest BCUT2D eigenvalue weighted by Gasteiger charge is 2.38. The predicted octanol–water partition coefficient (Wildman–Crippen LogP) is 2.85. The van der Waals surface area contributed by atoms with Gasteiger partial charge in [0.1, 0.15) is 0 Å². The highest BCUT2D eigenvalue weighted by molar-refractivity contribution is 7.07. The first-order chi connectivity index (χ1) is 9.24. The second kappa shape index (κ2) is 5.63. The van der Waals surface area contributed by atoms with E-state index in [2.05, 4.69) is 34.4 Å². The van der Waals surface area contributed by atoms with E-state index in [-0.39, 0.29) is 18.0 Å². The standard InChI is InChI=1S/C15H22N2OS/c1-10(12-6-7-19-9-12)16-15(18)14-8-11-4-2-3-5-13(11)17-14/h6-7,9-11,13-14,17H,2-5,8H2,1H3,(H,16,18). The van der Waals surface area contributed by atoms with E-state index in [1.54, 1.807) is 11.3 Å². The molecule has 1 amide bonds. The Hall–Kier alpha value is -0.870. The van der Waals surface area contributed by atoms with Crippen LogP contribution in [0.3, 0.4) is 0 Å². The molecule has 2 aliphatic rings. The molecule has 1 aliphatic carbocycles. The number of hydrogen-bond acceptors (Lipinski definition) is 3. The van der Waals surface area contributed by atoms with E-state index < -0.39 is 0 Å². The summed E-state index contributed by atoms with van der Waals surface area (Å²) in [5, 5.41) is 10.8. The largest absolute Gasteiger partial charge is 0.348 e. The molecule has 0 radical (unpaired) electrons. The molecule has 0 spiro atoms. The first-order valence-corrected chi connectivity index (χ1v) is 8.27. The molecule has 0 aromatic carbocycles. The number of carbonyl (C=O) groups excluding carboxylic acids is 1. The second-order valence-corrected chi connectivity index (χ2v) is 6.67. The summed E-state index contributed by atoms with van der Waals surface area (Å²) in [4.78, 5) is 12.3. The van der Waals surface area contributed by atoms with Crippen LogP contribution in [-0.2, 0) is 4.79 Å². The van der Waals surface area contributed by atoms with Crippen LogP contribution in [0.2, 0.25) is 0 Å². The minimum atomic E-state index is 0.0224. The molecule has 19 heavy (non-hydrogen) atoms. The molecule has 1 saturated heterocycles. The zero-order valence-corrected chi connectivity index (χ0v) is 12.2. The van der Waals surface area contributed by atoms with Gasteiger partial charge in [0, 0.05) is 6.04 Å². The van der Waals surface area contributed by atoms with Crippen molar-refractivity contribution in [3.05, 3.63) is 22.4 Å². The van der Waals surface area contributed by atoms with Crippen molar-refractivity contribution in [1.29, 1.82) is 0 Å². The molecule has 0 bridgehead atoms. The highest BCUT2D eigenvalue weighted by Crippen LogP contribution is 2.33. The van der Waals surface area contributed by atoms with Crippen LogP contribution in [0.15, 0.2) is 16.8 Å². The van der Waals surface area contributed by atoms with Crippen LogP contribution >= 0.6 is 11.3 Å². The fourth-order valence-electron chi connectivity index (χ4n) is 3.44. The van der Waals surface area contributed by atoms with Gasteiger partial charge < -0.3 is 10.6 Å². The Kier molecular flexibility index (Phi) is 3.89. The van der Waals surface area contributed by atoms with Gasteiger partial charge in [0.15, 0.2) is 0 Å². The maximum atomic E-state index is 12.3. The normalized spacial score (nSPS) is 31.7. The lowest BCUT2D eigenvalue weighted by molar-refractivity contribution is -0.123. The average molecular weight is 278 g/mol. The monoisotopic (exact) mass is 278 g/mol. The molecular formula is C15H22N2OS. The van der Waals surface area contributed by atoms with Gasteiger partial charge in [-0.05, 0) is 54.5 Å². The molecule has 3 rings (SSSR count). The Morgan fingerprint density at radius 2 is 2.32 bits per heavy atom. The Bertz CT molecular complexity index is 417. The van der Waals surface area contributed by atoms with E-state index in [9.17, 15) is 4.79 Å². The number of hydrogen-bond donors (Lipinski definition) is 2. The van der Waals surface area contributed by atoms with Crippen molar-refractivity contribution in [2.75, 3.05) is 0 Å². The van der Waals surface area contributed by atoms with Crippen molar-refractivity contribution < 1.29 is 4.79 Å². The predicted molar refractivity (Wildman–Crippen MR) is 78.2 cm³/mol. The van der Waals surface area contributed by atoms with Crippen LogP contribution in [0.5, 0.6) is 0 Å². The van der Waals surface area contributed by atoms with Gasteiger partial charge in [0.25, 0.3) is 0 Å². The van der Waals surface area contributed by atoms with Crippen LogP contribution in [0.25, 0.3) is 0 Å². The number of carbonyl (C=O) groups is 1. The van der Waals surface area contributed by atoms with Gasteiger partial charge in [-0.2, -0.15) is 11.3 Å². The molecule has 1 saturated carbocycles. The van der Waals surface area contributed by atoms with E-state index in [0.29, 0.717) is 6.04 Å². The third kappa shape index (κ3) is 2.84. The molecule has 4 unspecified atom stereocenters. The maximum Gasteiger partial charge on any atom is 0.237 e. The molecule has 2 fully saturated rings. The van der Waals surface area contributed by atoms with Crippen molar-refractivity contribution in [2.45, 2.75) is 57.2 Å². The number of rotatable bonds is 3. The summed E-state index contributed by atoms with van der Waals surface area (Å²) in [5.41, 5.74) is 1.20. The first kappa shape index (κ1) is 13.1. The molecule has 1 aliphatic heterocycles. The Morgan fingerprint density at radius 3 is 3.05 bits per heavy atom. The van der Waals surface area contributed by atoms with Gasteiger partial charge >= 0.3 is 0 Å². The van der Waals surface area contributed by atoms with E-state index >= 15 is 0 Å². The van der Waals surface area contributed by atoms with Crippen molar-refractivity contribution >= 4 is 17.2 Å². The van der Waals surface area contributed by atoms with E-state index in [1.807, 2.05) is 0 Å². The molecule has 104 valence electrons. The number of thiophene rings is 1. The van der Waals surface area contributed by atoms with E-state index in [0.717, 1.165) is 12.3 Å². The summed E-state index contributed by atoms with van der Waals surface area (Å²) in [6.45, 7) is 2.06. The van der Waals surface area contributed by atoms with Crippen molar-refractivity contribution in [3.63, 3.8) is 0 Å². The zero-order valence-electron chi connectivity index (χ0n) is 11.4. The summed E-state index contributed by atoms with van der Waals surface area (Å²) in [6, 6.07) is 2.80. The van der Waals surface area contributed by atoms with E-state index in [1.165, 1.54) is 31.2 Å². The van der Waals surface area contributed by atoms with Crippen molar-refractivity contribution in [2.24, 2.45) is 5.92 Å². The van der Waals surface area contributed by atoms with Gasteiger partial charge in [-0.25, -0.2) is 0 Å². The summed E-state index contributed by atoms with van der Waals surface area (Å²) in [7, 11) is 0. The van der Waals surface area contributed by atoms with Crippen molar-refractivity contribution in [3.8, 4) is 0 Å². The van der Waals surface area contributed by atoms with Gasteiger partial charge in [0.2, 0.25) is 5.91 Å². The lowest BCUT2D eigenvalue weighted by Gasteiger charge is -2.24. The Balaban J connectivity index is 1.56. The lowest BCUT2D eigenvalue weighted by atomic mass is 9.85. The summed E-state index contributed by atoms with van der Waals surface area (Å²) >= 11 is 1.68. The number of fused-ring (bicyclic) bond motifs is 1. The molecule has 1 aromatic heterocycles. The van der Waals surface area contributed by atoms with E-state index in [4.69, 9.17) is 0 Å². The molecule has 4 atom stereocenters. The minimum absolute atomic E-state index is 0.0224. The molecule has 2 heterocycles. The van der Waals surface area contributed by atoms with Gasteiger partial charge in [-0.1, -0.05) is 12.8 Å². The Morgan fingerprint density at radius 1 is 1.47 bits per heavy atom. The minimum Gasteiger partial charge on any atom is -0.348 e. The third-order valence-electron chi connectivity index (χ3n) is 4.58. The van der Waals surface area contributed by atoms with Crippen LogP contribution < -0.4 is 10.6 Å². The SMILES string of the molecule is CC(NC(=O)C1CC2CCCCC2N1)c1ccsc1. The maximum absolute atomic E-state index is 12.3. The van der Waals surface area contributed by atoms with Gasteiger partial charge in [0.05, 0.1) is 12.1 Å². The fourth-order valence-corrected chi connectivity index (χ4v) is 4.19. The van der Waals surface area contributed by atoms with Crippen LogP contribution in [-0.4, -0.2) is 18.0 Å².